The number of nitrogens with zero attached hydrogens (tertiary/aromatic N) is 1. The standard InChI is InChI=1S/C35H49NO3/c1-4-6-7-8-9-10-11-12-13-14-15-16-17-18-19-20-21-25-34(38)39-32-24-22-23-31(30-32)35(33(37)5-2)26-28-36(3)29-27-35/h6-7,9-10,12-13,15-16,18-19,22-24,30H,4-5,8,11,14,17,20-21,25-29H2,1-3H3/b7-6-,10-9-,13-12-,16-15-,19-18-. The number of hydrogen-bond acceptors (Lipinski definition) is 4. The van der Waals surface area contributed by atoms with Gasteiger partial charge in [0, 0.05) is 12.8 Å². The number of benzene rings is 1. The van der Waals surface area contributed by atoms with Crippen molar-refractivity contribution in [2.75, 3.05) is 20.1 Å². The molecule has 1 heterocycles. The van der Waals surface area contributed by atoms with E-state index in [9.17, 15) is 9.59 Å². The van der Waals surface area contributed by atoms with Gasteiger partial charge >= 0.3 is 5.97 Å². The first-order valence-electron chi connectivity index (χ1n) is 14.8. The molecule has 0 aromatic heterocycles. The summed E-state index contributed by atoms with van der Waals surface area (Å²) in [5.74, 6) is 0.587. The number of hydrogen-bond donors (Lipinski definition) is 0. The van der Waals surface area contributed by atoms with Gasteiger partial charge in [-0.1, -0.05) is 86.7 Å². The average Bonchev–Trinajstić information content (AvgIpc) is 2.95. The summed E-state index contributed by atoms with van der Waals surface area (Å²) in [6.07, 6.45) is 30.9. The number of Topliss-reactive ketones (excluding diaryl/α,β-unsaturated/α-hetero) is 1. The van der Waals surface area contributed by atoms with Crippen LogP contribution in [-0.2, 0) is 15.0 Å². The van der Waals surface area contributed by atoms with Crippen molar-refractivity contribution in [3.63, 3.8) is 0 Å². The normalized spacial score (nSPS) is 16.4. The lowest BCUT2D eigenvalue weighted by atomic mass is 9.69. The molecule has 0 amide bonds. The Morgan fingerprint density at radius 2 is 1.41 bits per heavy atom. The number of piperidine rings is 1. The number of rotatable bonds is 17. The molecular formula is C35H49NO3. The summed E-state index contributed by atoms with van der Waals surface area (Å²) < 4.78 is 5.64. The Bertz CT molecular complexity index is 1010. The number of likely N-dealkylation sites (tertiary alicyclic amines) is 1. The molecule has 0 spiro atoms. The van der Waals surface area contributed by atoms with E-state index in [0.29, 0.717) is 18.6 Å². The van der Waals surface area contributed by atoms with Crippen molar-refractivity contribution in [3.05, 3.63) is 90.6 Å². The first-order valence-corrected chi connectivity index (χ1v) is 14.8. The highest BCUT2D eigenvalue weighted by Gasteiger charge is 2.41. The van der Waals surface area contributed by atoms with Crippen LogP contribution in [0.15, 0.2) is 85.0 Å². The molecule has 4 heteroatoms. The Morgan fingerprint density at radius 3 is 1.97 bits per heavy atom. The second-order valence-electron chi connectivity index (χ2n) is 10.3. The van der Waals surface area contributed by atoms with E-state index in [4.69, 9.17) is 4.74 Å². The summed E-state index contributed by atoms with van der Waals surface area (Å²) in [4.78, 5) is 27.7. The molecule has 0 aliphatic carbocycles. The van der Waals surface area contributed by atoms with E-state index in [1.807, 2.05) is 31.2 Å². The molecule has 1 aliphatic rings. The molecule has 0 saturated carbocycles. The molecule has 0 N–H and O–H groups in total. The van der Waals surface area contributed by atoms with Crippen molar-refractivity contribution in [2.24, 2.45) is 0 Å². The van der Waals surface area contributed by atoms with E-state index in [1.54, 1.807) is 0 Å². The van der Waals surface area contributed by atoms with E-state index in [2.05, 4.69) is 79.6 Å². The van der Waals surface area contributed by atoms with Gasteiger partial charge in [0.2, 0.25) is 0 Å². The minimum atomic E-state index is -0.470. The topological polar surface area (TPSA) is 46.6 Å². The summed E-state index contributed by atoms with van der Waals surface area (Å²) in [6, 6.07) is 7.63. The van der Waals surface area contributed by atoms with Crippen molar-refractivity contribution in [3.8, 4) is 5.75 Å². The Morgan fingerprint density at radius 1 is 0.846 bits per heavy atom. The van der Waals surface area contributed by atoms with Crippen molar-refractivity contribution in [1.82, 2.24) is 4.90 Å². The number of allylic oxidation sites excluding steroid dienone is 10. The maximum Gasteiger partial charge on any atom is 0.311 e. The van der Waals surface area contributed by atoms with Crippen LogP contribution in [0.25, 0.3) is 0 Å². The molecule has 1 aromatic carbocycles. The van der Waals surface area contributed by atoms with Gasteiger partial charge in [0.1, 0.15) is 11.5 Å². The van der Waals surface area contributed by atoms with Crippen molar-refractivity contribution in [1.29, 1.82) is 0 Å². The Balaban J connectivity index is 1.66. The van der Waals surface area contributed by atoms with Crippen LogP contribution in [-0.4, -0.2) is 36.8 Å². The van der Waals surface area contributed by atoms with E-state index < -0.39 is 5.41 Å². The van der Waals surface area contributed by atoms with Gasteiger partial charge in [-0.25, -0.2) is 0 Å². The molecule has 4 nitrogen and oxygen atoms in total. The van der Waals surface area contributed by atoms with Gasteiger partial charge in [0.15, 0.2) is 0 Å². The number of esters is 1. The monoisotopic (exact) mass is 531 g/mol. The fourth-order valence-electron chi connectivity index (χ4n) is 4.84. The first kappa shape index (κ1) is 32.2. The molecular weight excluding hydrogens is 482 g/mol. The number of unbranched alkanes of at least 4 members (excludes halogenated alkanes) is 1. The lowest BCUT2D eigenvalue weighted by Gasteiger charge is -2.40. The zero-order valence-corrected chi connectivity index (χ0v) is 24.4. The maximum absolute atomic E-state index is 13.0. The summed E-state index contributed by atoms with van der Waals surface area (Å²) in [5.41, 5.74) is 0.508. The van der Waals surface area contributed by atoms with E-state index >= 15 is 0 Å². The Kier molecular flexibility index (Phi) is 15.8. The molecule has 1 fully saturated rings. The Hall–Kier alpha value is -2.98. The first-order chi connectivity index (χ1) is 19.0. The van der Waals surface area contributed by atoms with Gasteiger partial charge in [-0.15, -0.1) is 0 Å². The van der Waals surface area contributed by atoms with Crippen LogP contribution >= 0.6 is 0 Å². The van der Waals surface area contributed by atoms with Crippen molar-refractivity contribution < 1.29 is 14.3 Å². The molecule has 2 rings (SSSR count). The number of carbonyl (C=O) groups excluding carboxylic acids is 2. The molecule has 1 aliphatic heterocycles. The van der Waals surface area contributed by atoms with Gasteiger partial charge in [0.25, 0.3) is 0 Å². The quantitative estimate of drug-likeness (QED) is 0.0875. The predicted molar refractivity (Wildman–Crippen MR) is 164 cm³/mol. The largest absolute Gasteiger partial charge is 0.427 e. The zero-order valence-electron chi connectivity index (χ0n) is 24.4. The summed E-state index contributed by atoms with van der Waals surface area (Å²) in [7, 11) is 2.10. The van der Waals surface area contributed by atoms with Crippen molar-refractivity contribution >= 4 is 11.8 Å². The summed E-state index contributed by atoms with van der Waals surface area (Å²) >= 11 is 0. The summed E-state index contributed by atoms with van der Waals surface area (Å²) in [6.45, 7) is 5.87. The molecule has 1 aromatic rings. The van der Waals surface area contributed by atoms with Gasteiger partial charge < -0.3 is 9.64 Å². The number of ether oxygens (including phenoxy) is 1. The van der Waals surface area contributed by atoms with Crippen LogP contribution in [0.2, 0.25) is 0 Å². The van der Waals surface area contributed by atoms with Crippen LogP contribution in [0.3, 0.4) is 0 Å². The van der Waals surface area contributed by atoms with E-state index in [0.717, 1.165) is 76.4 Å². The zero-order chi connectivity index (χ0) is 28.2. The average molecular weight is 532 g/mol. The van der Waals surface area contributed by atoms with E-state index in [-0.39, 0.29) is 11.8 Å². The van der Waals surface area contributed by atoms with Crippen LogP contribution in [0.4, 0.5) is 0 Å². The van der Waals surface area contributed by atoms with E-state index in [1.165, 1.54) is 0 Å². The fraction of sp³-hybridized carbons (Fsp3) is 0.486. The fourth-order valence-corrected chi connectivity index (χ4v) is 4.84. The molecule has 0 bridgehead atoms. The van der Waals surface area contributed by atoms with Crippen molar-refractivity contribution in [2.45, 2.75) is 89.9 Å². The second-order valence-corrected chi connectivity index (χ2v) is 10.3. The third-order valence-corrected chi connectivity index (χ3v) is 7.22. The number of ketones is 1. The van der Waals surface area contributed by atoms with Crippen LogP contribution in [0, 0.1) is 0 Å². The van der Waals surface area contributed by atoms with Gasteiger partial charge in [-0.3, -0.25) is 9.59 Å². The third-order valence-electron chi connectivity index (χ3n) is 7.22. The minimum Gasteiger partial charge on any atom is -0.427 e. The molecule has 1 saturated heterocycles. The minimum absolute atomic E-state index is 0.223. The summed E-state index contributed by atoms with van der Waals surface area (Å²) in [5, 5.41) is 0. The van der Waals surface area contributed by atoms with Gasteiger partial charge in [0.05, 0.1) is 5.41 Å². The highest BCUT2D eigenvalue weighted by atomic mass is 16.5. The van der Waals surface area contributed by atoms with Gasteiger partial charge in [-0.05, 0) is 95.6 Å². The molecule has 39 heavy (non-hydrogen) atoms. The molecule has 0 atom stereocenters. The van der Waals surface area contributed by atoms with Crippen LogP contribution < -0.4 is 4.74 Å². The lowest BCUT2D eigenvalue weighted by Crippen LogP contribution is -2.46. The second kappa shape index (κ2) is 19.1. The predicted octanol–water partition coefficient (Wildman–Crippen LogP) is 8.46. The highest BCUT2D eigenvalue weighted by molar-refractivity contribution is 5.90. The third kappa shape index (κ3) is 12.2. The van der Waals surface area contributed by atoms with Crippen LogP contribution in [0.1, 0.15) is 90.0 Å². The highest BCUT2D eigenvalue weighted by Crippen LogP contribution is 2.38. The molecule has 0 unspecified atom stereocenters. The lowest BCUT2D eigenvalue weighted by molar-refractivity contribution is -0.134. The van der Waals surface area contributed by atoms with Crippen LogP contribution in [0.5, 0.6) is 5.75 Å². The molecule has 0 radical (unpaired) electrons. The Labute approximate surface area is 237 Å². The van der Waals surface area contributed by atoms with Gasteiger partial charge in [-0.2, -0.15) is 0 Å². The smallest absolute Gasteiger partial charge is 0.311 e. The SMILES string of the molecule is CC/C=C\C/C=C\C/C=C\C/C=C\C/C=C\CCCC(=O)Oc1cccc(C2(C(=O)CC)CCN(C)CC2)c1. The molecule has 212 valence electrons. The number of carbonyl (C=O) groups is 2. The maximum atomic E-state index is 13.0.